The van der Waals surface area contributed by atoms with Gasteiger partial charge in [-0.25, -0.2) is 0 Å². The minimum absolute atomic E-state index is 0.0925. The second-order valence-corrected chi connectivity index (χ2v) is 18.6. The zero-order chi connectivity index (χ0) is 53.4. The molecule has 0 unspecified atom stereocenters. The number of hydrogen-bond donors (Lipinski definition) is 10. The molecule has 1 aliphatic heterocycles. The predicted molar refractivity (Wildman–Crippen MR) is 262 cm³/mol. The Morgan fingerprint density at radius 2 is 1.37 bits per heavy atom. The molecule has 10 amide bonds. The molecule has 1 heterocycles. The number of aliphatic imine (C=N–C) groups is 1. The SMILES string of the molecule is CCC[C@H](NC(=O)[C@H](CO)NC(=O)[C@@H](CC(C)C)N(C)C(=O)[C@@H](NC(=O)CNC(=O)CN(C)C(C)=O)C(C)C)C(=O)N[C@H](C(=O)N[C@@H](CCCN=C(N)N)C(=O)N1CCC[C@H]1C(=O)NCC)[C@@H](C)CC. The maximum absolute atomic E-state index is 14.1. The third-order valence-electron chi connectivity index (χ3n) is 12.0. The summed E-state index contributed by atoms with van der Waals surface area (Å²) in [6.07, 6.45) is 2.48. The maximum Gasteiger partial charge on any atom is 0.245 e. The molecule has 1 aliphatic rings. The van der Waals surface area contributed by atoms with Crippen molar-refractivity contribution in [2.24, 2.45) is 34.2 Å². The summed E-state index contributed by atoms with van der Waals surface area (Å²) in [4.78, 5) is 141. The lowest BCUT2D eigenvalue weighted by molar-refractivity contribution is -0.144. The first-order chi connectivity index (χ1) is 32.8. The van der Waals surface area contributed by atoms with Crippen molar-refractivity contribution < 1.29 is 53.1 Å². The Morgan fingerprint density at radius 1 is 0.757 bits per heavy atom. The lowest BCUT2D eigenvalue weighted by atomic mass is 9.96. The molecule has 0 spiro atoms. The van der Waals surface area contributed by atoms with Crippen molar-refractivity contribution in [2.75, 3.05) is 53.4 Å². The van der Waals surface area contributed by atoms with Gasteiger partial charge >= 0.3 is 0 Å². The van der Waals surface area contributed by atoms with Crippen LogP contribution in [-0.4, -0.2) is 181 Å². The molecule has 1 rings (SSSR count). The van der Waals surface area contributed by atoms with Gasteiger partial charge in [0.2, 0.25) is 59.1 Å². The van der Waals surface area contributed by atoms with Gasteiger partial charge in [-0.3, -0.25) is 52.9 Å². The van der Waals surface area contributed by atoms with Crippen LogP contribution in [-0.2, 0) is 47.9 Å². The van der Waals surface area contributed by atoms with Crippen molar-refractivity contribution in [1.82, 2.24) is 51.9 Å². The van der Waals surface area contributed by atoms with Crippen LogP contribution in [0.3, 0.4) is 0 Å². The molecular weight excluding hydrogens is 911 g/mol. The number of nitrogens with one attached hydrogen (secondary N) is 7. The van der Waals surface area contributed by atoms with Gasteiger partial charge in [-0.1, -0.05) is 61.3 Å². The highest BCUT2D eigenvalue weighted by atomic mass is 16.3. The molecule has 1 fully saturated rings. The molecule has 8 atom stereocenters. The summed E-state index contributed by atoms with van der Waals surface area (Å²) >= 11 is 0. The van der Waals surface area contributed by atoms with E-state index in [0.717, 1.165) is 9.80 Å². The molecule has 24 heteroatoms. The third-order valence-corrected chi connectivity index (χ3v) is 12.0. The fourth-order valence-electron chi connectivity index (χ4n) is 7.63. The van der Waals surface area contributed by atoms with E-state index in [9.17, 15) is 53.1 Å². The van der Waals surface area contributed by atoms with Crippen molar-refractivity contribution in [2.45, 2.75) is 156 Å². The smallest absolute Gasteiger partial charge is 0.245 e. The Kier molecular flexibility index (Phi) is 27.6. The number of carbonyl (C=O) groups excluding carboxylic acids is 10. The molecule has 1 saturated heterocycles. The van der Waals surface area contributed by atoms with Gasteiger partial charge in [0, 0.05) is 40.7 Å². The average Bonchev–Trinajstić information content (AvgIpc) is 3.80. The van der Waals surface area contributed by atoms with Crippen LogP contribution in [0.5, 0.6) is 0 Å². The van der Waals surface area contributed by atoms with Gasteiger partial charge < -0.3 is 68.5 Å². The first-order valence-corrected chi connectivity index (χ1v) is 24.3. The number of amides is 10. The Bertz CT molecular complexity index is 1830. The molecule has 70 heavy (non-hydrogen) atoms. The number of aliphatic hydroxyl groups is 1. The van der Waals surface area contributed by atoms with E-state index in [1.54, 1.807) is 34.6 Å². The summed E-state index contributed by atoms with van der Waals surface area (Å²) in [6.45, 7) is 14.6. The van der Waals surface area contributed by atoms with E-state index in [4.69, 9.17) is 11.5 Å². The quantitative estimate of drug-likeness (QED) is 0.0203. The van der Waals surface area contributed by atoms with E-state index in [0.29, 0.717) is 45.2 Å². The summed E-state index contributed by atoms with van der Waals surface area (Å²) < 4.78 is 0. The van der Waals surface area contributed by atoms with Crippen molar-refractivity contribution in [3.63, 3.8) is 0 Å². The van der Waals surface area contributed by atoms with Crippen molar-refractivity contribution >= 4 is 65.0 Å². The average molecular weight is 994 g/mol. The number of likely N-dealkylation sites (tertiary alicyclic amines) is 1. The maximum atomic E-state index is 14.1. The molecule has 12 N–H and O–H groups in total. The molecule has 0 saturated carbocycles. The fraction of sp³-hybridized carbons (Fsp3) is 0.761. The number of likely N-dealkylation sites (N-methyl/N-ethyl adjacent to an activating group) is 3. The molecule has 0 radical (unpaired) electrons. The van der Waals surface area contributed by atoms with Crippen LogP contribution in [0.1, 0.15) is 114 Å². The Labute approximate surface area is 412 Å². The van der Waals surface area contributed by atoms with Gasteiger partial charge in [0.1, 0.15) is 42.3 Å². The van der Waals surface area contributed by atoms with Gasteiger partial charge in [-0.15, -0.1) is 0 Å². The molecule has 0 aromatic heterocycles. The zero-order valence-corrected chi connectivity index (χ0v) is 43.1. The summed E-state index contributed by atoms with van der Waals surface area (Å²) in [6, 6.07) is -8.16. The zero-order valence-electron chi connectivity index (χ0n) is 43.1. The standard InChI is InChI=1S/C46H83N13O11/c1-12-17-30(39(64)56-38(28(8)13-2)43(68)53-31(18-15-20-50-46(47)48)44(69)59-21-16-19-33(59)41(66)49-14-3)52-40(65)32(25-60)54-42(67)34(22-26(4)5)58(11)45(70)37(27(6)7)55-35(62)23-51-36(63)24-57(10)29(9)61/h26-28,30-34,37-38,60H,12-25H2,1-11H3,(H,49,66)(H,51,63)(H,52,65)(H,53,68)(H,54,67)(H,55,62)(H,56,64)(H4,47,48,50)/t28-,30-,31-,32-,33-,34+,37-,38-/m0/s1. The minimum atomic E-state index is -1.59. The number of guanidine groups is 1. The Hall–Kier alpha value is -6.07. The molecule has 0 bridgehead atoms. The number of hydrogen-bond acceptors (Lipinski definition) is 12. The molecule has 0 aromatic rings. The molecular formula is C46H83N13O11. The van der Waals surface area contributed by atoms with Crippen LogP contribution in [0.2, 0.25) is 0 Å². The summed E-state index contributed by atoms with van der Waals surface area (Å²) in [5.41, 5.74) is 11.0. The highest BCUT2D eigenvalue weighted by molar-refractivity contribution is 5.98. The van der Waals surface area contributed by atoms with Gasteiger partial charge in [0.15, 0.2) is 5.96 Å². The second-order valence-electron chi connectivity index (χ2n) is 18.6. The first kappa shape index (κ1) is 61.9. The van der Waals surface area contributed by atoms with Crippen LogP contribution < -0.4 is 48.7 Å². The van der Waals surface area contributed by atoms with E-state index in [2.05, 4.69) is 42.2 Å². The van der Waals surface area contributed by atoms with E-state index in [-0.39, 0.29) is 56.0 Å². The lowest BCUT2D eigenvalue weighted by Crippen LogP contribution is -2.61. The molecule has 0 aliphatic carbocycles. The number of rotatable bonds is 30. The Morgan fingerprint density at radius 3 is 1.91 bits per heavy atom. The molecule has 0 aromatic carbocycles. The lowest BCUT2D eigenvalue weighted by Gasteiger charge is -2.34. The van der Waals surface area contributed by atoms with Crippen molar-refractivity contribution in [1.29, 1.82) is 0 Å². The minimum Gasteiger partial charge on any atom is -0.394 e. The van der Waals surface area contributed by atoms with Crippen LogP contribution in [0.15, 0.2) is 4.99 Å². The van der Waals surface area contributed by atoms with Gasteiger partial charge in [-0.05, 0) is 63.2 Å². The van der Waals surface area contributed by atoms with Gasteiger partial charge in [-0.2, -0.15) is 0 Å². The van der Waals surface area contributed by atoms with E-state index in [1.165, 1.54) is 25.9 Å². The van der Waals surface area contributed by atoms with Crippen LogP contribution in [0, 0.1) is 17.8 Å². The van der Waals surface area contributed by atoms with E-state index >= 15 is 0 Å². The number of aliphatic hydroxyl groups excluding tert-OH is 1. The Balaban J connectivity index is 3.29. The van der Waals surface area contributed by atoms with Gasteiger partial charge in [0.05, 0.1) is 19.7 Å². The molecule has 24 nitrogen and oxygen atoms in total. The highest BCUT2D eigenvalue weighted by Gasteiger charge is 2.40. The van der Waals surface area contributed by atoms with Crippen LogP contribution in [0.25, 0.3) is 0 Å². The second kappa shape index (κ2) is 31.2. The van der Waals surface area contributed by atoms with Crippen molar-refractivity contribution in [3.8, 4) is 0 Å². The highest BCUT2D eigenvalue weighted by Crippen LogP contribution is 2.21. The monoisotopic (exact) mass is 994 g/mol. The summed E-state index contributed by atoms with van der Waals surface area (Å²) in [5, 5.41) is 28.8. The predicted octanol–water partition coefficient (Wildman–Crippen LogP) is -2.45. The van der Waals surface area contributed by atoms with Crippen LogP contribution >= 0.6 is 0 Å². The molecule has 398 valence electrons. The van der Waals surface area contributed by atoms with E-state index < -0.39 is 115 Å². The third kappa shape index (κ3) is 20.5. The fourth-order valence-corrected chi connectivity index (χ4v) is 7.63. The topological polar surface area (TPSA) is 349 Å². The summed E-state index contributed by atoms with van der Waals surface area (Å²) in [5.74, 6) is -7.41. The van der Waals surface area contributed by atoms with Crippen molar-refractivity contribution in [3.05, 3.63) is 0 Å². The number of carbonyl (C=O) groups is 10. The van der Waals surface area contributed by atoms with Crippen LogP contribution in [0.4, 0.5) is 0 Å². The normalized spacial score (nSPS) is 16.3. The van der Waals surface area contributed by atoms with E-state index in [1.807, 2.05) is 20.8 Å². The first-order valence-electron chi connectivity index (χ1n) is 24.3. The summed E-state index contributed by atoms with van der Waals surface area (Å²) in [7, 11) is 2.80. The number of nitrogens with two attached hydrogens (primary N) is 2. The largest absolute Gasteiger partial charge is 0.394 e. The van der Waals surface area contributed by atoms with Gasteiger partial charge in [0.25, 0.3) is 0 Å². The number of nitrogens with zero attached hydrogens (tertiary/aromatic N) is 4.